The summed E-state index contributed by atoms with van der Waals surface area (Å²) in [5, 5.41) is 2.70. The van der Waals surface area contributed by atoms with Gasteiger partial charge in [-0.05, 0) is 44.0 Å². The summed E-state index contributed by atoms with van der Waals surface area (Å²) in [4.78, 5) is 25.8. The Balaban J connectivity index is 2.15. The molecule has 0 bridgehead atoms. The van der Waals surface area contributed by atoms with Gasteiger partial charge in [0, 0.05) is 19.3 Å². The maximum atomic E-state index is 12.9. The molecular weight excluding hydrogens is 247 g/mol. The molecule has 1 saturated carbocycles. The topological polar surface area (TPSA) is 49.4 Å². The van der Waals surface area contributed by atoms with Crippen LogP contribution in [0.5, 0.6) is 0 Å². The van der Waals surface area contributed by atoms with Gasteiger partial charge in [-0.25, -0.2) is 4.39 Å². The zero-order valence-corrected chi connectivity index (χ0v) is 11.1. The first kappa shape index (κ1) is 13.5. The third kappa shape index (κ3) is 2.45. The number of anilines is 1. The lowest BCUT2D eigenvalue weighted by atomic mass is 10.0. The van der Waals surface area contributed by atoms with Gasteiger partial charge in [0.1, 0.15) is 11.2 Å². The number of hydrogen-bond donors (Lipinski definition) is 1. The minimum absolute atomic E-state index is 0.214. The molecule has 0 aliphatic heterocycles. The minimum atomic E-state index is -0.918. The van der Waals surface area contributed by atoms with E-state index in [2.05, 4.69) is 5.32 Å². The van der Waals surface area contributed by atoms with Crippen molar-refractivity contribution in [3.8, 4) is 0 Å². The number of nitrogens with zero attached hydrogens (tertiary/aromatic N) is 1. The van der Waals surface area contributed by atoms with Gasteiger partial charge in [0.25, 0.3) is 0 Å². The Morgan fingerprint density at radius 1 is 1.32 bits per heavy atom. The van der Waals surface area contributed by atoms with E-state index < -0.39 is 5.41 Å². The zero-order valence-electron chi connectivity index (χ0n) is 11.1. The molecule has 4 nitrogen and oxygen atoms in total. The summed E-state index contributed by atoms with van der Waals surface area (Å²) in [7, 11) is 1.61. The maximum absolute atomic E-state index is 12.9. The normalized spacial score (nSPS) is 15.7. The summed E-state index contributed by atoms with van der Waals surface area (Å²) in [5.74, 6) is -0.798. The zero-order chi connectivity index (χ0) is 14.0. The number of hydrogen-bond acceptors (Lipinski definition) is 2. The van der Waals surface area contributed by atoms with E-state index in [9.17, 15) is 14.0 Å². The predicted molar refractivity (Wildman–Crippen MR) is 70.2 cm³/mol. The standard InChI is InChI=1S/C14H17FN2O2/c1-3-16-12(18)14(8-9-14)13(19)17(2)11-6-4-10(15)5-7-11/h4-7H,3,8-9H2,1-2H3,(H,16,18). The number of benzene rings is 1. The summed E-state index contributed by atoms with van der Waals surface area (Å²) < 4.78 is 12.9. The molecule has 2 rings (SSSR count). The average molecular weight is 264 g/mol. The molecule has 5 heteroatoms. The first-order valence-corrected chi connectivity index (χ1v) is 6.33. The number of rotatable bonds is 4. The lowest BCUT2D eigenvalue weighted by Crippen LogP contribution is -2.43. The molecule has 0 unspecified atom stereocenters. The highest BCUT2D eigenvalue weighted by Crippen LogP contribution is 2.47. The van der Waals surface area contributed by atoms with Crippen molar-refractivity contribution in [2.24, 2.45) is 5.41 Å². The number of carbonyl (C=O) groups excluding carboxylic acids is 2. The van der Waals surface area contributed by atoms with Gasteiger partial charge in [0.15, 0.2) is 0 Å². The highest BCUT2D eigenvalue weighted by molar-refractivity contribution is 6.13. The number of amides is 2. The molecule has 1 aliphatic rings. The van der Waals surface area contributed by atoms with Crippen molar-refractivity contribution >= 4 is 17.5 Å². The van der Waals surface area contributed by atoms with Gasteiger partial charge in [-0.3, -0.25) is 9.59 Å². The second-order valence-corrected chi connectivity index (χ2v) is 4.78. The molecule has 1 aromatic carbocycles. The van der Waals surface area contributed by atoms with Gasteiger partial charge in [-0.15, -0.1) is 0 Å². The van der Waals surface area contributed by atoms with Gasteiger partial charge < -0.3 is 10.2 Å². The molecular formula is C14H17FN2O2. The summed E-state index contributed by atoms with van der Waals surface area (Å²) in [6.45, 7) is 2.33. The average Bonchev–Trinajstić information content (AvgIpc) is 3.20. The summed E-state index contributed by atoms with van der Waals surface area (Å²) in [5.41, 5.74) is -0.332. The Bertz CT molecular complexity index is 495. The number of carbonyl (C=O) groups is 2. The first-order chi connectivity index (χ1) is 9.01. The van der Waals surface area contributed by atoms with Crippen LogP contribution in [-0.2, 0) is 9.59 Å². The molecule has 0 heterocycles. The fraction of sp³-hybridized carbons (Fsp3) is 0.429. The van der Waals surface area contributed by atoms with E-state index in [1.807, 2.05) is 6.92 Å². The van der Waals surface area contributed by atoms with Crippen LogP contribution >= 0.6 is 0 Å². The lowest BCUT2D eigenvalue weighted by molar-refractivity contribution is -0.135. The molecule has 1 fully saturated rings. The minimum Gasteiger partial charge on any atom is -0.355 e. The van der Waals surface area contributed by atoms with Crippen LogP contribution in [0.3, 0.4) is 0 Å². The van der Waals surface area contributed by atoms with Crippen LogP contribution < -0.4 is 10.2 Å². The summed E-state index contributed by atoms with van der Waals surface area (Å²) in [6.07, 6.45) is 1.15. The first-order valence-electron chi connectivity index (χ1n) is 6.33. The maximum Gasteiger partial charge on any atom is 0.242 e. The Kier molecular flexibility index (Phi) is 3.55. The van der Waals surface area contributed by atoms with E-state index in [1.165, 1.54) is 29.2 Å². The monoisotopic (exact) mass is 264 g/mol. The van der Waals surface area contributed by atoms with Crippen molar-refractivity contribution in [3.05, 3.63) is 30.1 Å². The Morgan fingerprint density at radius 2 is 1.89 bits per heavy atom. The Labute approximate surface area is 111 Å². The van der Waals surface area contributed by atoms with Gasteiger partial charge in [-0.1, -0.05) is 0 Å². The molecule has 1 aliphatic carbocycles. The molecule has 0 spiro atoms. The van der Waals surface area contributed by atoms with Crippen molar-refractivity contribution in [3.63, 3.8) is 0 Å². The smallest absolute Gasteiger partial charge is 0.242 e. The Hall–Kier alpha value is -1.91. The molecule has 0 saturated heterocycles. The molecule has 2 amide bonds. The molecule has 0 radical (unpaired) electrons. The second kappa shape index (κ2) is 4.99. The third-order valence-electron chi connectivity index (χ3n) is 3.45. The van der Waals surface area contributed by atoms with E-state index in [4.69, 9.17) is 0 Å². The van der Waals surface area contributed by atoms with Crippen LogP contribution in [0.25, 0.3) is 0 Å². The van der Waals surface area contributed by atoms with Crippen molar-refractivity contribution in [1.29, 1.82) is 0 Å². The van der Waals surface area contributed by atoms with Crippen LogP contribution in [-0.4, -0.2) is 25.4 Å². The fourth-order valence-electron chi connectivity index (χ4n) is 2.10. The van der Waals surface area contributed by atoms with Gasteiger partial charge in [0.2, 0.25) is 11.8 Å². The molecule has 0 atom stereocenters. The fourth-order valence-corrected chi connectivity index (χ4v) is 2.10. The SMILES string of the molecule is CCNC(=O)C1(C(=O)N(C)c2ccc(F)cc2)CC1. The Morgan fingerprint density at radius 3 is 2.37 bits per heavy atom. The largest absolute Gasteiger partial charge is 0.355 e. The highest BCUT2D eigenvalue weighted by Gasteiger charge is 2.57. The van der Waals surface area contributed by atoms with Gasteiger partial charge in [0.05, 0.1) is 0 Å². The predicted octanol–water partition coefficient (Wildman–Crippen LogP) is 1.70. The third-order valence-corrected chi connectivity index (χ3v) is 3.45. The molecule has 19 heavy (non-hydrogen) atoms. The molecule has 1 aromatic rings. The summed E-state index contributed by atoms with van der Waals surface area (Å²) in [6, 6.07) is 5.65. The van der Waals surface area contributed by atoms with Crippen LogP contribution in [0.2, 0.25) is 0 Å². The van der Waals surface area contributed by atoms with E-state index in [0.717, 1.165) is 0 Å². The van der Waals surface area contributed by atoms with Crippen molar-refractivity contribution in [2.75, 3.05) is 18.5 Å². The van der Waals surface area contributed by atoms with Crippen LogP contribution in [0.15, 0.2) is 24.3 Å². The molecule has 0 aromatic heterocycles. The lowest BCUT2D eigenvalue weighted by Gasteiger charge is -2.23. The van der Waals surface area contributed by atoms with Crippen molar-refractivity contribution in [2.45, 2.75) is 19.8 Å². The van der Waals surface area contributed by atoms with Crippen LogP contribution in [0.4, 0.5) is 10.1 Å². The molecule has 102 valence electrons. The van der Waals surface area contributed by atoms with Crippen molar-refractivity contribution < 1.29 is 14.0 Å². The van der Waals surface area contributed by atoms with Gasteiger partial charge >= 0.3 is 0 Å². The van der Waals surface area contributed by atoms with Crippen LogP contribution in [0.1, 0.15) is 19.8 Å². The second-order valence-electron chi connectivity index (χ2n) is 4.78. The van der Waals surface area contributed by atoms with E-state index in [-0.39, 0.29) is 17.6 Å². The molecule has 1 N–H and O–H groups in total. The quantitative estimate of drug-likeness (QED) is 0.842. The van der Waals surface area contributed by atoms with E-state index in [1.54, 1.807) is 7.05 Å². The van der Waals surface area contributed by atoms with Crippen LogP contribution in [0, 0.1) is 11.2 Å². The summed E-state index contributed by atoms with van der Waals surface area (Å²) >= 11 is 0. The van der Waals surface area contributed by atoms with E-state index >= 15 is 0 Å². The number of nitrogens with one attached hydrogen (secondary N) is 1. The van der Waals surface area contributed by atoms with E-state index in [0.29, 0.717) is 25.1 Å². The number of halogens is 1. The van der Waals surface area contributed by atoms with Gasteiger partial charge in [-0.2, -0.15) is 0 Å². The van der Waals surface area contributed by atoms with Crippen molar-refractivity contribution in [1.82, 2.24) is 5.32 Å². The highest BCUT2D eigenvalue weighted by atomic mass is 19.1.